The highest BCUT2D eigenvalue weighted by Crippen LogP contribution is 2.31. The molecule has 2 aromatic heterocycles. The SMILES string of the molecule is CC(C)(C)OC(=O)N1CCC(c2cc(=O)[nH]c3c4c(C(=O)NCC(F)(F)F)cccc4nn23)CC1. The van der Waals surface area contributed by atoms with Gasteiger partial charge in [-0.15, -0.1) is 0 Å². The molecule has 1 aromatic carbocycles. The first-order valence-corrected chi connectivity index (χ1v) is 11.2. The normalized spacial score (nSPS) is 15.5. The third kappa shape index (κ3) is 5.41. The number of alkyl halides is 3. The van der Waals surface area contributed by atoms with Gasteiger partial charge in [-0.3, -0.25) is 9.59 Å². The molecule has 0 unspecified atom stereocenters. The fraction of sp³-hybridized carbons (Fsp3) is 0.478. The van der Waals surface area contributed by atoms with Crippen LogP contribution >= 0.6 is 0 Å². The van der Waals surface area contributed by atoms with E-state index in [1.807, 2.05) is 5.32 Å². The van der Waals surface area contributed by atoms with Crippen molar-refractivity contribution in [1.29, 1.82) is 0 Å². The van der Waals surface area contributed by atoms with Crippen molar-refractivity contribution >= 4 is 28.6 Å². The van der Waals surface area contributed by atoms with E-state index in [0.29, 0.717) is 37.1 Å². The van der Waals surface area contributed by atoms with Crippen molar-refractivity contribution in [1.82, 2.24) is 24.8 Å². The van der Waals surface area contributed by atoms with Crippen LogP contribution in [0.2, 0.25) is 0 Å². The standard InChI is InChI=1S/C23H26F3N5O4/c1-22(2,3)35-21(34)30-9-7-13(8-10-30)16-11-17(32)28-19-18-14(20(33)27-12-23(24,25)26)5-4-6-15(18)29-31(16)19/h4-6,11,13H,7-10,12H2,1-3H3,(H,27,33)(H,28,32). The molecule has 1 saturated heterocycles. The lowest BCUT2D eigenvalue weighted by atomic mass is 9.93. The summed E-state index contributed by atoms with van der Waals surface area (Å²) in [4.78, 5) is 41.7. The molecule has 35 heavy (non-hydrogen) atoms. The molecule has 1 fully saturated rings. The zero-order valence-corrected chi connectivity index (χ0v) is 19.5. The van der Waals surface area contributed by atoms with Crippen molar-refractivity contribution < 1.29 is 27.5 Å². The second-order valence-electron chi connectivity index (χ2n) is 9.56. The molecule has 2 amide bonds. The number of fused-ring (bicyclic) bond motifs is 3. The number of H-pyrrole nitrogens is 1. The van der Waals surface area contributed by atoms with Crippen LogP contribution in [0.4, 0.5) is 18.0 Å². The van der Waals surface area contributed by atoms with Crippen LogP contribution in [0, 0.1) is 0 Å². The maximum Gasteiger partial charge on any atom is 0.410 e. The Bertz CT molecular complexity index is 1330. The summed E-state index contributed by atoms with van der Waals surface area (Å²) >= 11 is 0. The smallest absolute Gasteiger partial charge is 0.410 e. The van der Waals surface area contributed by atoms with Gasteiger partial charge in [0.1, 0.15) is 17.8 Å². The highest BCUT2D eigenvalue weighted by Gasteiger charge is 2.31. The predicted octanol–water partition coefficient (Wildman–Crippen LogP) is 3.58. The number of hydrogen-bond acceptors (Lipinski definition) is 5. The van der Waals surface area contributed by atoms with Crippen LogP contribution in [-0.4, -0.2) is 62.9 Å². The Morgan fingerprint density at radius 1 is 1.20 bits per heavy atom. The van der Waals surface area contributed by atoms with Crippen LogP contribution in [0.15, 0.2) is 29.1 Å². The lowest BCUT2D eigenvalue weighted by Crippen LogP contribution is -2.41. The lowest BCUT2D eigenvalue weighted by molar-refractivity contribution is -0.123. The second kappa shape index (κ2) is 8.90. The number of nitrogens with one attached hydrogen (secondary N) is 2. The second-order valence-corrected chi connectivity index (χ2v) is 9.56. The van der Waals surface area contributed by atoms with Crippen molar-refractivity contribution in [3.05, 3.63) is 45.9 Å². The van der Waals surface area contributed by atoms with Gasteiger partial charge >= 0.3 is 12.3 Å². The van der Waals surface area contributed by atoms with Gasteiger partial charge in [0.15, 0.2) is 0 Å². The van der Waals surface area contributed by atoms with Crippen LogP contribution in [0.3, 0.4) is 0 Å². The average Bonchev–Trinajstić information content (AvgIpc) is 3.14. The number of carbonyl (C=O) groups is 2. The van der Waals surface area contributed by atoms with E-state index in [2.05, 4.69) is 10.1 Å². The molecular weight excluding hydrogens is 467 g/mol. The molecular formula is C23H26F3N5O4. The van der Waals surface area contributed by atoms with Gasteiger partial charge in [-0.25, -0.2) is 9.31 Å². The Labute approximate surface area is 198 Å². The number of hydrogen-bond donors (Lipinski definition) is 2. The summed E-state index contributed by atoms with van der Waals surface area (Å²) < 4.78 is 44.8. The zero-order valence-electron chi connectivity index (χ0n) is 19.5. The Kier molecular flexibility index (Phi) is 6.24. The summed E-state index contributed by atoms with van der Waals surface area (Å²) in [5, 5.41) is 6.65. The number of rotatable bonds is 3. The largest absolute Gasteiger partial charge is 0.444 e. The summed E-state index contributed by atoms with van der Waals surface area (Å²) in [7, 11) is 0. The minimum absolute atomic E-state index is 0.0192. The van der Waals surface area contributed by atoms with E-state index in [-0.39, 0.29) is 22.5 Å². The first kappa shape index (κ1) is 24.6. The molecule has 0 radical (unpaired) electrons. The quantitative estimate of drug-likeness (QED) is 0.580. The van der Waals surface area contributed by atoms with Gasteiger partial charge in [-0.1, -0.05) is 6.07 Å². The summed E-state index contributed by atoms with van der Waals surface area (Å²) in [6, 6.07) is 5.96. The average molecular weight is 493 g/mol. The molecule has 2 N–H and O–H groups in total. The van der Waals surface area contributed by atoms with E-state index in [0.717, 1.165) is 0 Å². The fourth-order valence-corrected chi connectivity index (χ4v) is 4.23. The van der Waals surface area contributed by atoms with Gasteiger partial charge in [0.25, 0.3) is 11.5 Å². The van der Waals surface area contributed by atoms with Crippen molar-refractivity contribution in [2.75, 3.05) is 19.6 Å². The van der Waals surface area contributed by atoms with Gasteiger partial charge in [0.2, 0.25) is 0 Å². The van der Waals surface area contributed by atoms with Crippen molar-refractivity contribution in [2.24, 2.45) is 0 Å². The number of likely N-dealkylation sites (tertiary alicyclic amines) is 1. The van der Waals surface area contributed by atoms with Gasteiger partial charge in [0.05, 0.1) is 22.2 Å². The molecule has 12 heteroatoms. The van der Waals surface area contributed by atoms with E-state index >= 15 is 0 Å². The Morgan fingerprint density at radius 2 is 1.89 bits per heavy atom. The number of nitrogens with zero attached hydrogens (tertiary/aromatic N) is 3. The summed E-state index contributed by atoms with van der Waals surface area (Å²) in [5.41, 5.74) is 0.148. The van der Waals surface area contributed by atoms with E-state index < -0.39 is 35.9 Å². The predicted molar refractivity (Wildman–Crippen MR) is 121 cm³/mol. The first-order chi connectivity index (χ1) is 16.3. The molecule has 1 aliphatic heterocycles. The van der Waals surface area contributed by atoms with Crippen LogP contribution in [0.25, 0.3) is 16.6 Å². The van der Waals surface area contributed by atoms with Crippen LogP contribution in [0.1, 0.15) is 55.6 Å². The summed E-state index contributed by atoms with van der Waals surface area (Å²) in [5.74, 6) is -1.02. The van der Waals surface area contributed by atoms with Crippen molar-refractivity contribution in [2.45, 2.75) is 51.3 Å². The maximum absolute atomic E-state index is 12.6. The molecule has 0 atom stereocenters. The molecule has 3 aromatic rings. The minimum atomic E-state index is -4.56. The lowest BCUT2D eigenvalue weighted by Gasteiger charge is -2.33. The topological polar surface area (TPSA) is 109 Å². The minimum Gasteiger partial charge on any atom is -0.444 e. The number of halogens is 3. The van der Waals surface area contributed by atoms with E-state index in [9.17, 15) is 27.6 Å². The fourth-order valence-electron chi connectivity index (χ4n) is 4.23. The van der Waals surface area contributed by atoms with Crippen LogP contribution in [-0.2, 0) is 4.74 Å². The van der Waals surface area contributed by atoms with Crippen LogP contribution in [0.5, 0.6) is 0 Å². The number of aromatic amines is 1. The number of aromatic nitrogens is 3. The monoisotopic (exact) mass is 493 g/mol. The third-order valence-electron chi connectivity index (χ3n) is 5.72. The number of amides is 2. The molecule has 9 nitrogen and oxygen atoms in total. The molecule has 0 aliphatic carbocycles. The van der Waals surface area contributed by atoms with E-state index in [4.69, 9.17) is 4.74 Å². The van der Waals surface area contributed by atoms with Gasteiger partial charge in [0, 0.05) is 25.1 Å². The molecule has 4 rings (SSSR count). The third-order valence-corrected chi connectivity index (χ3v) is 5.72. The number of carbonyl (C=O) groups excluding carboxylic acids is 2. The maximum atomic E-state index is 12.6. The van der Waals surface area contributed by atoms with Crippen molar-refractivity contribution in [3.8, 4) is 0 Å². The van der Waals surface area contributed by atoms with Gasteiger partial charge < -0.3 is 19.9 Å². The number of ether oxygens (including phenoxy) is 1. The molecule has 0 saturated carbocycles. The number of piperidine rings is 1. The Morgan fingerprint density at radius 3 is 2.51 bits per heavy atom. The van der Waals surface area contributed by atoms with E-state index in [1.54, 1.807) is 31.7 Å². The van der Waals surface area contributed by atoms with Gasteiger partial charge in [-0.2, -0.15) is 18.3 Å². The summed E-state index contributed by atoms with van der Waals surface area (Å²) in [6.07, 6.45) is -3.83. The Hall–Kier alpha value is -3.57. The van der Waals surface area contributed by atoms with Crippen LogP contribution < -0.4 is 10.9 Å². The van der Waals surface area contributed by atoms with Gasteiger partial charge in [-0.05, 0) is 45.7 Å². The molecule has 0 bridgehead atoms. The molecule has 0 spiro atoms. The molecule has 3 heterocycles. The zero-order chi connectivity index (χ0) is 25.5. The van der Waals surface area contributed by atoms with Crippen molar-refractivity contribution in [3.63, 3.8) is 0 Å². The Balaban J connectivity index is 1.66. The summed E-state index contributed by atoms with van der Waals surface area (Å²) in [6.45, 7) is 4.78. The molecule has 1 aliphatic rings. The molecule has 188 valence electrons. The highest BCUT2D eigenvalue weighted by molar-refractivity contribution is 6.11. The van der Waals surface area contributed by atoms with E-state index in [1.165, 1.54) is 22.7 Å². The number of benzene rings is 1. The highest BCUT2D eigenvalue weighted by atomic mass is 19.4. The first-order valence-electron chi connectivity index (χ1n) is 11.2.